The number of halogens is 3. The molecular weight excluding hydrogens is 283 g/mol. The van der Waals surface area contributed by atoms with Gasteiger partial charge in [-0.1, -0.05) is 19.9 Å². The molecule has 6 heteroatoms. The fourth-order valence-corrected chi connectivity index (χ4v) is 2.01. The molecule has 0 fully saturated rings. The van der Waals surface area contributed by atoms with E-state index in [1.54, 1.807) is 12.1 Å². The summed E-state index contributed by atoms with van der Waals surface area (Å²) in [4.78, 5) is 1.28. The molecule has 0 bridgehead atoms. The zero-order valence-electron chi connectivity index (χ0n) is 12.4. The minimum Gasteiger partial charge on any atom is -0.507 e. The fourth-order valence-electron chi connectivity index (χ4n) is 2.01. The summed E-state index contributed by atoms with van der Waals surface area (Å²) in [5, 5.41) is 9.92. The molecule has 1 rings (SSSR count). The number of phenols is 1. The summed E-state index contributed by atoms with van der Waals surface area (Å²) >= 11 is 0. The van der Waals surface area contributed by atoms with Crippen molar-refractivity contribution in [2.75, 3.05) is 19.7 Å². The molecule has 0 unspecified atom stereocenters. The fraction of sp³-hybridized carbons (Fsp3) is 0.600. The van der Waals surface area contributed by atoms with Gasteiger partial charge in [0.1, 0.15) is 11.5 Å². The molecule has 0 aliphatic heterocycles. The Morgan fingerprint density at radius 1 is 1.19 bits per heavy atom. The molecule has 1 aromatic carbocycles. The van der Waals surface area contributed by atoms with Crippen molar-refractivity contribution in [3.05, 3.63) is 23.8 Å². The zero-order valence-corrected chi connectivity index (χ0v) is 12.4. The molecule has 0 aromatic heterocycles. The van der Waals surface area contributed by atoms with Crippen molar-refractivity contribution in [1.82, 2.24) is 4.90 Å². The van der Waals surface area contributed by atoms with Gasteiger partial charge in [0.25, 0.3) is 0 Å². The molecule has 0 saturated heterocycles. The molecule has 0 atom stereocenters. The van der Waals surface area contributed by atoms with E-state index in [9.17, 15) is 18.3 Å². The summed E-state index contributed by atoms with van der Waals surface area (Å²) in [7, 11) is 0. The minimum atomic E-state index is -4.24. The highest BCUT2D eigenvalue weighted by Crippen LogP contribution is 2.26. The van der Waals surface area contributed by atoms with Crippen molar-refractivity contribution >= 4 is 0 Å². The Kier molecular flexibility index (Phi) is 6.81. The third-order valence-electron chi connectivity index (χ3n) is 2.87. The topological polar surface area (TPSA) is 32.7 Å². The molecule has 0 saturated carbocycles. The summed E-state index contributed by atoms with van der Waals surface area (Å²) in [6.07, 6.45) is -2.78. The van der Waals surface area contributed by atoms with Crippen molar-refractivity contribution in [2.45, 2.75) is 39.4 Å². The standard InChI is InChI=1S/C15H22F3NO2/c1-3-7-19(11-15(16,17)18)10-12-5-6-13(9-14(12)20)21-8-4-2/h5-6,9,20H,3-4,7-8,10-11H2,1-2H3. The van der Waals surface area contributed by atoms with Gasteiger partial charge in [0, 0.05) is 18.2 Å². The molecule has 0 amide bonds. The van der Waals surface area contributed by atoms with Crippen LogP contribution in [-0.2, 0) is 6.54 Å². The molecule has 1 N–H and O–H groups in total. The second-order valence-corrected chi connectivity index (χ2v) is 4.96. The predicted molar refractivity (Wildman–Crippen MR) is 75.5 cm³/mol. The first-order chi connectivity index (χ1) is 9.85. The van der Waals surface area contributed by atoms with Crippen LogP contribution in [0.25, 0.3) is 0 Å². The molecule has 3 nitrogen and oxygen atoms in total. The van der Waals surface area contributed by atoms with Crippen molar-refractivity contribution in [3.63, 3.8) is 0 Å². The molecule has 120 valence electrons. The molecule has 0 aliphatic rings. The van der Waals surface area contributed by atoms with E-state index < -0.39 is 12.7 Å². The van der Waals surface area contributed by atoms with Gasteiger partial charge in [-0.15, -0.1) is 0 Å². The average Bonchev–Trinajstić information content (AvgIpc) is 2.37. The predicted octanol–water partition coefficient (Wildman–Crippen LogP) is 3.96. The highest BCUT2D eigenvalue weighted by molar-refractivity contribution is 5.39. The molecular formula is C15H22F3NO2. The van der Waals surface area contributed by atoms with E-state index in [1.807, 2.05) is 13.8 Å². The van der Waals surface area contributed by atoms with Crippen molar-refractivity contribution in [2.24, 2.45) is 0 Å². The van der Waals surface area contributed by atoms with Gasteiger partial charge in [-0.25, -0.2) is 0 Å². The first-order valence-electron chi connectivity index (χ1n) is 7.09. The van der Waals surface area contributed by atoms with Crippen LogP contribution in [0.3, 0.4) is 0 Å². The van der Waals surface area contributed by atoms with E-state index >= 15 is 0 Å². The molecule has 1 aromatic rings. The van der Waals surface area contributed by atoms with Gasteiger partial charge < -0.3 is 9.84 Å². The van der Waals surface area contributed by atoms with Gasteiger partial charge in [0.05, 0.1) is 13.2 Å². The molecule has 21 heavy (non-hydrogen) atoms. The zero-order chi connectivity index (χ0) is 15.9. The third-order valence-corrected chi connectivity index (χ3v) is 2.87. The highest BCUT2D eigenvalue weighted by atomic mass is 19.4. The Hall–Kier alpha value is -1.43. The SMILES string of the molecule is CCCOc1ccc(CN(CCC)CC(F)(F)F)c(O)c1. The normalized spacial score (nSPS) is 11.9. The summed E-state index contributed by atoms with van der Waals surface area (Å²) in [6, 6.07) is 4.73. The number of phenolic OH excluding ortho intramolecular Hbond substituents is 1. The Morgan fingerprint density at radius 3 is 2.43 bits per heavy atom. The summed E-state index contributed by atoms with van der Waals surface area (Å²) < 4.78 is 42.9. The van der Waals surface area contributed by atoms with Gasteiger partial charge in [-0.05, 0) is 25.5 Å². The number of nitrogens with zero attached hydrogens (tertiary/aromatic N) is 1. The number of alkyl halides is 3. The van der Waals surface area contributed by atoms with Crippen LogP contribution in [0.5, 0.6) is 11.5 Å². The summed E-state index contributed by atoms with van der Waals surface area (Å²) in [5.74, 6) is 0.489. The largest absolute Gasteiger partial charge is 0.507 e. The van der Waals surface area contributed by atoms with E-state index in [-0.39, 0.29) is 12.3 Å². The Balaban J connectivity index is 2.74. The smallest absolute Gasteiger partial charge is 0.401 e. The van der Waals surface area contributed by atoms with Crippen LogP contribution in [0.1, 0.15) is 32.3 Å². The number of hydrogen-bond donors (Lipinski definition) is 1. The first-order valence-corrected chi connectivity index (χ1v) is 7.09. The monoisotopic (exact) mass is 305 g/mol. The maximum absolute atomic E-state index is 12.5. The van der Waals surface area contributed by atoms with Gasteiger partial charge in [-0.2, -0.15) is 13.2 Å². The van der Waals surface area contributed by atoms with E-state index in [2.05, 4.69) is 0 Å². The summed E-state index contributed by atoms with van der Waals surface area (Å²) in [6.45, 7) is 3.74. The van der Waals surface area contributed by atoms with Crippen LogP contribution >= 0.6 is 0 Å². The second kappa shape index (κ2) is 8.12. The van der Waals surface area contributed by atoms with Crippen molar-refractivity contribution in [3.8, 4) is 11.5 Å². The Morgan fingerprint density at radius 2 is 1.90 bits per heavy atom. The first kappa shape index (κ1) is 17.6. The van der Waals surface area contributed by atoms with Crippen LogP contribution in [0, 0.1) is 0 Å². The quantitative estimate of drug-likeness (QED) is 0.789. The summed E-state index contributed by atoms with van der Waals surface area (Å²) in [5.41, 5.74) is 0.469. The van der Waals surface area contributed by atoms with Crippen LogP contribution < -0.4 is 4.74 Å². The number of benzene rings is 1. The average molecular weight is 305 g/mol. The van der Waals surface area contributed by atoms with Crippen LogP contribution in [0.4, 0.5) is 13.2 Å². The molecule has 0 aliphatic carbocycles. The van der Waals surface area contributed by atoms with Gasteiger partial charge in [-0.3, -0.25) is 4.90 Å². The van der Waals surface area contributed by atoms with E-state index in [0.29, 0.717) is 30.9 Å². The van der Waals surface area contributed by atoms with Gasteiger partial charge >= 0.3 is 6.18 Å². The second-order valence-electron chi connectivity index (χ2n) is 4.96. The minimum absolute atomic E-state index is 0.0353. The van der Waals surface area contributed by atoms with Crippen molar-refractivity contribution < 1.29 is 23.0 Å². The third kappa shape index (κ3) is 6.71. The number of aromatic hydroxyl groups is 1. The maximum Gasteiger partial charge on any atom is 0.401 e. The van der Waals surface area contributed by atoms with E-state index in [0.717, 1.165) is 6.42 Å². The van der Waals surface area contributed by atoms with Crippen LogP contribution in [0.2, 0.25) is 0 Å². The number of rotatable bonds is 8. The maximum atomic E-state index is 12.5. The Bertz CT molecular complexity index is 435. The highest BCUT2D eigenvalue weighted by Gasteiger charge is 2.30. The van der Waals surface area contributed by atoms with Gasteiger partial charge in [0.2, 0.25) is 0 Å². The van der Waals surface area contributed by atoms with Crippen LogP contribution in [-0.4, -0.2) is 35.9 Å². The van der Waals surface area contributed by atoms with Crippen LogP contribution in [0.15, 0.2) is 18.2 Å². The van der Waals surface area contributed by atoms with Crippen molar-refractivity contribution in [1.29, 1.82) is 0 Å². The lowest BCUT2D eigenvalue weighted by Crippen LogP contribution is -2.34. The number of hydrogen-bond acceptors (Lipinski definition) is 3. The molecule has 0 heterocycles. The molecule has 0 radical (unpaired) electrons. The van der Waals surface area contributed by atoms with E-state index in [1.165, 1.54) is 11.0 Å². The lowest BCUT2D eigenvalue weighted by atomic mass is 10.1. The number of ether oxygens (including phenoxy) is 1. The molecule has 0 spiro atoms. The van der Waals surface area contributed by atoms with Gasteiger partial charge in [0.15, 0.2) is 0 Å². The van der Waals surface area contributed by atoms with E-state index in [4.69, 9.17) is 4.74 Å². The lowest BCUT2D eigenvalue weighted by molar-refractivity contribution is -0.147. The lowest BCUT2D eigenvalue weighted by Gasteiger charge is -2.23. The Labute approximate surface area is 123 Å².